The van der Waals surface area contributed by atoms with E-state index in [0.717, 1.165) is 46.4 Å². The van der Waals surface area contributed by atoms with E-state index < -0.39 is 0 Å². The number of anilines is 1. The molecule has 0 atom stereocenters. The number of nitrogens with zero attached hydrogens (tertiary/aromatic N) is 3. The molecule has 1 aromatic carbocycles. The van der Waals surface area contributed by atoms with Gasteiger partial charge in [-0.1, -0.05) is 12.1 Å². The van der Waals surface area contributed by atoms with E-state index in [2.05, 4.69) is 41.3 Å². The van der Waals surface area contributed by atoms with Gasteiger partial charge in [-0.3, -0.25) is 0 Å². The normalized spacial score (nSPS) is 11.0. The molecule has 0 aliphatic heterocycles. The molecular weight excluding hydrogens is 280 g/mol. The second-order valence-corrected chi connectivity index (χ2v) is 6.09. The minimum atomic E-state index is 0.757. The summed E-state index contributed by atoms with van der Waals surface area (Å²) < 4.78 is 1.22. The number of nitrogens with one attached hydrogen (secondary N) is 1. The van der Waals surface area contributed by atoms with E-state index in [1.807, 2.05) is 19.1 Å². The van der Waals surface area contributed by atoms with Gasteiger partial charge in [-0.15, -0.1) is 11.3 Å². The van der Waals surface area contributed by atoms with Crippen LogP contribution in [0.1, 0.15) is 29.0 Å². The van der Waals surface area contributed by atoms with Crippen LogP contribution in [0, 0.1) is 13.8 Å². The Morgan fingerprint density at radius 2 is 1.90 bits per heavy atom. The molecule has 3 aromatic rings. The molecule has 0 bridgehead atoms. The summed E-state index contributed by atoms with van der Waals surface area (Å²) in [5.74, 6) is 1.73. The number of thiazole rings is 1. The number of para-hydroxylation sites is 1. The maximum absolute atomic E-state index is 4.69. The third kappa shape index (κ3) is 2.88. The molecule has 0 saturated heterocycles. The second kappa shape index (κ2) is 5.77. The van der Waals surface area contributed by atoms with Gasteiger partial charge in [-0.25, -0.2) is 15.0 Å². The van der Waals surface area contributed by atoms with Gasteiger partial charge >= 0.3 is 0 Å². The lowest BCUT2D eigenvalue weighted by molar-refractivity contribution is 0.935. The highest BCUT2D eigenvalue weighted by Crippen LogP contribution is 2.25. The van der Waals surface area contributed by atoms with Crippen molar-refractivity contribution in [3.63, 3.8) is 0 Å². The van der Waals surface area contributed by atoms with Gasteiger partial charge in [0.15, 0.2) is 0 Å². The molecule has 0 unspecified atom stereocenters. The summed E-state index contributed by atoms with van der Waals surface area (Å²) in [5.41, 5.74) is 3.23. The monoisotopic (exact) mass is 298 g/mol. The molecule has 3 rings (SSSR count). The summed E-state index contributed by atoms with van der Waals surface area (Å²) in [4.78, 5) is 13.8. The molecule has 0 amide bonds. The Balaban J connectivity index is 1.97. The van der Waals surface area contributed by atoms with Crippen molar-refractivity contribution in [2.45, 2.75) is 27.2 Å². The van der Waals surface area contributed by atoms with E-state index in [1.165, 1.54) is 4.70 Å². The zero-order valence-corrected chi connectivity index (χ0v) is 13.3. The topological polar surface area (TPSA) is 50.7 Å². The predicted octanol–water partition coefficient (Wildman–Crippen LogP) is 3.73. The molecule has 2 aromatic heterocycles. The fourth-order valence-electron chi connectivity index (χ4n) is 2.34. The molecule has 0 aliphatic rings. The van der Waals surface area contributed by atoms with Gasteiger partial charge in [0.2, 0.25) is 0 Å². The zero-order valence-electron chi connectivity index (χ0n) is 12.5. The first kappa shape index (κ1) is 13.9. The summed E-state index contributed by atoms with van der Waals surface area (Å²) in [6.45, 7) is 6.93. The summed E-state index contributed by atoms with van der Waals surface area (Å²) in [7, 11) is 0. The van der Waals surface area contributed by atoms with Crippen LogP contribution in [0.4, 0.5) is 5.82 Å². The summed E-state index contributed by atoms with van der Waals surface area (Å²) in [6, 6.07) is 8.24. The highest BCUT2D eigenvalue weighted by atomic mass is 32.1. The van der Waals surface area contributed by atoms with Crippen LogP contribution < -0.4 is 5.32 Å². The van der Waals surface area contributed by atoms with Crippen LogP contribution in [0.2, 0.25) is 0 Å². The Hall–Kier alpha value is -2.01. The lowest BCUT2D eigenvalue weighted by atomic mass is 10.2. The Kier molecular flexibility index (Phi) is 3.84. The Morgan fingerprint density at radius 1 is 1.10 bits per heavy atom. The number of aryl methyl sites for hydroxylation is 1. The fourth-order valence-corrected chi connectivity index (χ4v) is 3.31. The smallest absolute Gasteiger partial charge is 0.132 e. The molecule has 5 heteroatoms. The second-order valence-electron chi connectivity index (χ2n) is 4.97. The van der Waals surface area contributed by atoms with Crippen LogP contribution in [0.5, 0.6) is 0 Å². The van der Waals surface area contributed by atoms with Crippen molar-refractivity contribution < 1.29 is 0 Å². The van der Waals surface area contributed by atoms with Crippen molar-refractivity contribution >= 4 is 27.4 Å². The van der Waals surface area contributed by atoms with Crippen molar-refractivity contribution in [3.8, 4) is 0 Å². The van der Waals surface area contributed by atoms with Crippen molar-refractivity contribution in [1.29, 1.82) is 0 Å². The molecule has 4 nitrogen and oxygen atoms in total. The number of hydrogen-bond acceptors (Lipinski definition) is 5. The van der Waals surface area contributed by atoms with Crippen molar-refractivity contribution in [2.75, 3.05) is 11.9 Å². The van der Waals surface area contributed by atoms with Crippen LogP contribution in [0.15, 0.2) is 24.3 Å². The van der Waals surface area contributed by atoms with Gasteiger partial charge in [-0.05, 0) is 32.9 Å². The summed E-state index contributed by atoms with van der Waals surface area (Å²) >= 11 is 1.73. The molecule has 21 heavy (non-hydrogen) atoms. The highest BCUT2D eigenvalue weighted by molar-refractivity contribution is 7.18. The molecule has 0 aliphatic carbocycles. The quantitative estimate of drug-likeness (QED) is 0.797. The molecule has 0 fully saturated rings. The number of benzene rings is 1. The van der Waals surface area contributed by atoms with Gasteiger partial charge in [0.25, 0.3) is 0 Å². The average molecular weight is 298 g/mol. The van der Waals surface area contributed by atoms with Gasteiger partial charge in [0, 0.05) is 18.5 Å². The maximum atomic E-state index is 4.69. The van der Waals surface area contributed by atoms with Gasteiger partial charge in [0.05, 0.1) is 20.9 Å². The minimum Gasteiger partial charge on any atom is -0.370 e. The first-order chi connectivity index (χ1) is 10.2. The largest absolute Gasteiger partial charge is 0.370 e. The summed E-state index contributed by atoms with van der Waals surface area (Å²) in [5, 5.41) is 4.40. The number of fused-ring (bicyclic) bond motifs is 1. The highest BCUT2D eigenvalue weighted by Gasteiger charge is 2.12. The predicted molar refractivity (Wildman–Crippen MR) is 88.1 cm³/mol. The third-order valence-corrected chi connectivity index (χ3v) is 4.40. The van der Waals surface area contributed by atoms with E-state index in [-0.39, 0.29) is 0 Å². The zero-order chi connectivity index (χ0) is 14.8. The molecule has 0 spiro atoms. The Bertz CT molecular complexity index is 746. The number of aromatic nitrogens is 3. The summed E-state index contributed by atoms with van der Waals surface area (Å²) in [6.07, 6.45) is 0.757. The number of hydrogen-bond donors (Lipinski definition) is 1. The van der Waals surface area contributed by atoms with E-state index in [4.69, 9.17) is 4.98 Å². The third-order valence-electron chi connectivity index (χ3n) is 3.36. The van der Waals surface area contributed by atoms with E-state index in [1.54, 1.807) is 11.3 Å². The lowest BCUT2D eigenvalue weighted by Crippen LogP contribution is -2.08. The standard InChI is InChI=1S/C16H18N4S/c1-4-17-16-10(2)13(18-11(3)19-16)9-15-20-12-7-5-6-8-14(12)21-15/h5-8H,4,9H2,1-3H3,(H,17,18,19). The van der Waals surface area contributed by atoms with Crippen molar-refractivity contribution in [3.05, 3.63) is 46.4 Å². The Morgan fingerprint density at radius 3 is 2.67 bits per heavy atom. The van der Waals surface area contributed by atoms with Crippen LogP contribution in [-0.4, -0.2) is 21.5 Å². The van der Waals surface area contributed by atoms with Crippen LogP contribution in [0.25, 0.3) is 10.2 Å². The van der Waals surface area contributed by atoms with E-state index >= 15 is 0 Å². The molecule has 0 saturated carbocycles. The molecular formula is C16H18N4S. The molecule has 2 heterocycles. The first-order valence-corrected chi connectivity index (χ1v) is 7.91. The van der Waals surface area contributed by atoms with Gasteiger partial charge in [-0.2, -0.15) is 0 Å². The first-order valence-electron chi connectivity index (χ1n) is 7.10. The molecule has 1 N–H and O–H groups in total. The SMILES string of the molecule is CCNc1nc(C)nc(Cc2nc3ccccc3s2)c1C. The van der Waals surface area contributed by atoms with E-state index in [0.29, 0.717) is 0 Å². The van der Waals surface area contributed by atoms with Crippen molar-refractivity contribution in [1.82, 2.24) is 15.0 Å². The lowest BCUT2D eigenvalue weighted by Gasteiger charge is -2.11. The maximum Gasteiger partial charge on any atom is 0.132 e. The van der Waals surface area contributed by atoms with Gasteiger partial charge < -0.3 is 5.32 Å². The van der Waals surface area contributed by atoms with E-state index in [9.17, 15) is 0 Å². The van der Waals surface area contributed by atoms with Crippen LogP contribution in [0.3, 0.4) is 0 Å². The van der Waals surface area contributed by atoms with Gasteiger partial charge in [0.1, 0.15) is 11.6 Å². The van der Waals surface area contributed by atoms with Crippen LogP contribution >= 0.6 is 11.3 Å². The Labute approximate surface area is 128 Å². The molecule has 0 radical (unpaired) electrons. The minimum absolute atomic E-state index is 0.757. The molecule has 108 valence electrons. The van der Waals surface area contributed by atoms with Crippen molar-refractivity contribution in [2.24, 2.45) is 0 Å². The average Bonchev–Trinajstić information content (AvgIpc) is 2.86. The number of rotatable bonds is 4. The van der Waals surface area contributed by atoms with Crippen LogP contribution in [-0.2, 0) is 6.42 Å². The fraction of sp³-hybridized carbons (Fsp3) is 0.312.